The molecule has 1 aliphatic rings. The topological polar surface area (TPSA) is 105 Å². The molecule has 0 amide bonds. The summed E-state index contributed by atoms with van der Waals surface area (Å²) in [5.41, 5.74) is 0.668. The van der Waals surface area contributed by atoms with Gasteiger partial charge >= 0.3 is 12.4 Å². The number of hydrogen-bond donors (Lipinski definition) is 0. The normalized spacial score (nSPS) is 13.2. The van der Waals surface area contributed by atoms with Gasteiger partial charge < -0.3 is 9.47 Å². The maximum Gasteiger partial charge on any atom is 0.420 e. The molecule has 8 nitrogen and oxygen atoms in total. The number of ether oxygens (including phenoxy) is 2. The molecule has 14 heteroatoms. The van der Waals surface area contributed by atoms with Gasteiger partial charge in [-0.3, -0.25) is 20.2 Å². The van der Waals surface area contributed by atoms with Gasteiger partial charge in [0.25, 0.3) is 11.4 Å². The minimum Gasteiger partial charge on any atom is -0.456 e. The molecule has 0 bridgehead atoms. The molecular weight excluding hydrogens is 730 g/mol. The zero-order valence-electron chi connectivity index (χ0n) is 28.7. The fourth-order valence-electron chi connectivity index (χ4n) is 7.14. The summed E-state index contributed by atoms with van der Waals surface area (Å²) in [5, 5.41) is 22.4. The number of halogens is 6. The summed E-state index contributed by atoms with van der Waals surface area (Å²) < 4.78 is 95.5. The van der Waals surface area contributed by atoms with E-state index >= 15 is 0 Å². The lowest BCUT2D eigenvalue weighted by Crippen LogP contribution is -2.29. The lowest BCUT2D eigenvalue weighted by molar-refractivity contribution is -0.385. The van der Waals surface area contributed by atoms with Crippen LogP contribution in [0.15, 0.2) is 121 Å². The first-order chi connectivity index (χ1) is 26.0. The van der Waals surface area contributed by atoms with Gasteiger partial charge in [0.15, 0.2) is 0 Å². The Hall–Kier alpha value is -6.70. The fourth-order valence-corrected chi connectivity index (χ4v) is 7.14. The average molecular weight is 757 g/mol. The number of fused-ring (bicyclic) bond motifs is 3. The first-order valence-corrected chi connectivity index (χ1v) is 16.5. The molecule has 7 rings (SSSR count). The van der Waals surface area contributed by atoms with Gasteiger partial charge in [0, 0.05) is 24.3 Å². The van der Waals surface area contributed by atoms with E-state index in [1.54, 1.807) is 38.1 Å². The number of aryl methyl sites for hydroxylation is 2. The predicted molar refractivity (Wildman–Crippen MR) is 190 cm³/mol. The summed E-state index contributed by atoms with van der Waals surface area (Å²) in [6.07, 6.45) is -9.89. The molecule has 0 radical (unpaired) electrons. The van der Waals surface area contributed by atoms with Crippen LogP contribution in [0, 0.1) is 34.1 Å². The molecular formula is C41H26F6N2O6. The van der Waals surface area contributed by atoms with Crippen molar-refractivity contribution in [2.24, 2.45) is 0 Å². The van der Waals surface area contributed by atoms with Crippen LogP contribution in [0.2, 0.25) is 0 Å². The van der Waals surface area contributed by atoms with Crippen molar-refractivity contribution in [3.8, 4) is 34.1 Å². The third-order valence-electron chi connectivity index (χ3n) is 9.57. The van der Waals surface area contributed by atoms with Gasteiger partial charge in [-0.2, -0.15) is 26.3 Å². The Kier molecular flexibility index (Phi) is 8.87. The molecule has 0 saturated heterocycles. The monoisotopic (exact) mass is 756 g/mol. The third-order valence-corrected chi connectivity index (χ3v) is 9.57. The van der Waals surface area contributed by atoms with E-state index in [0.717, 1.165) is 46.5 Å². The van der Waals surface area contributed by atoms with Crippen LogP contribution in [-0.4, -0.2) is 9.85 Å². The number of hydrogen-bond acceptors (Lipinski definition) is 6. The molecule has 0 spiro atoms. The first-order valence-electron chi connectivity index (χ1n) is 16.5. The highest BCUT2D eigenvalue weighted by atomic mass is 19.4. The second kappa shape index (κ2) is 13.3. The Morgan fingerprint density at radius 1 is 0.509 bits per heavy atom. The summed E-state index contributed by atoms with van der Waals surface area (Å²) >= 11 is 0. The van der Waals surface area contributed by atoms with Gasteiger partial charge in [0.2, 0.25) is 0 Å². The van der Waals surface area contributed by atoms with Crippen molar-refractivity contribution in [2.45, 2.75) is 31.6 Å². The zero-order valence-corrected chi connectivity index (χ0v) is 28.7. The Morgan fingerprint density at radius 3 is 1.22 bits per heavy atom. The first kappa shape index (κ1) is 36.6. The SMILES string of the molecule is Cc1cc(C2(c3ccc(Oc4ccc([N+](=O)[O-])cc4C(F)(F)F)c(C)c3)c3ccccc3-c3ccccc32)ccc1Oc1ccc([N+](=O)[O-])cc1C(F)(F)F. The van der Waals surface area contributed by atoms with Crippen LogP contribution in [-0.2, 0) is 17.8 Å². The van der Waals surface area contributed by atoms with E-state index in [-0.39, 0.29) is 11.5 Å². The van der Waals surface area contributed by atoms with Crippen LogP contribution < -0.4 is 9.47 Å². The number of nitro benzene ring substituents is 2. The maximum atomic E-state index is 14.0. The summed E-state index contributed by atoms with van der Waals surface area (Å²) in [6.45, 7) is 3.31. The lowest BCUT2D eigenvalue weighted by Gasteiger charge is -2.34. The smallest absolute Gasteiger partial charge is 0.420 e. The predicted octanol–water partition coefficient (Wildman–Crippen LogP) is 12.1. The molecule has 0 saturated carbocycles. The van der Waals surface area contributed by atoms with Gasteiger partial charge in [-0.25, -0.2) is 0 Å². The number of rotatable bonds is 8. The highest BCUT2D eigenvalue weighted by Crippen LogP contribution is 2.57. The number of nitrogens with zero attached hydrogens (tertiary/aromatic N) is 2. The van der Waals surface area contributed by atoms with Crippen molar-refractivity contribution in [1.82, 2.24) is 0 Å². The quantitative estimate of drug-likeness (QED) is 0.0868. The van der Waals surface area contributed by atoms with E-state index in [0.29, 0.717) is 34.4 Å². The molecule has 0 heterocycles. The molecule has 0 N–H and O–H groups in total. The van der Waals surface area contributed by atoms with Crippen LogP contribution in [0.1, 0.15) is 44.5 Å². The van der Waals surface area contributed by atoms with Crippen molar-refractivity contribution in [2.75, 3.05) is 0 Å². The lowest BCUT2D eigenvalue weighted by atomic mass is 9.67. The van der Waals surface area contributed by atoms with E-state index in [9.17, 15) is 46.6 Å². The summed E-state index contributed by atoms with van der Waals surface area (Å²) in [5.74, 6) is -1.09. The van der Waals surface area contributed by atoms with E-state index < -0.39 is 61.6 Å². The van der Waals surface area contributed by atoms with Crippen molar-refractivity contribution >= 4 is 11.4 Å². The second-order valence-corrected chi connectivity index (χ2v) is 12.9. The fraction of sp³-hybridized carbons (Fsp3) is 0.122. The molecule has 278 valence electrons. The molecule has 0 aromatic heterocycles. The van der Waals surface area contributed by atoms with E-state index in [2.05, 4.69) is 0 Å². The van der Waals surface area contributed by atoms with Gasteiger partial charge in [-0.05, 0) is 82.6 Å². The molecule has 0 unspecified atom stereocenters. The van der Waals surface area contributed by atoms with E-state index in [1.165, 1.54) is 12.1 Å². The Bertz CT molecular complexity index is 2360. The molecule has 1 aliphatic carbocycles. The number of nitro groups is 2. The van der Waals surface area contributed by atoms with E-state index in [1.807, 2.05) is 48.5 Å². The van der Waals surface area contributed by atoms with Crippen LogP contribution >= 0.6 is 0 Å². The number of benzene rings is 6. The van der Waals surface area contributed by atoms with Crippen molar-refractivity contribution in [3.63, 3.8) is 0 Å². The average Bonchev–Trinajstić information content (AvgIpc) is 3.43. The largest absolute Gasteiger partial charge is 0.456 e. The Morgan fingerprint density at radius 2 is 0.873 bits per heavy atom. The van der Waals surface area contributed by atoms with Gasteiger partial charge in [0.05, 0.1) is 15.3 Å². The minimum absolute atomic E-state index is 0.0707. The molecule has 55 heavy (non-hydrogen) atoms. The molecule has 6 aromatic rings. The number of alkyl halides is 6. The summed E-state index contributed by atoms with van der Waals surface area (Å²) in [6, 6.07) is 29.9. The Balaban J connectivity index is 1.36. The second-order valence-electron chi connectivity index (χ2n) is 12.9. The third kappa shape index (κ3) is 6.38. The highest BCUT2D eigenvalue weighted by molar-refractivity contribution is 5.86. The maximum absolute atomic E-state index is 14.0. The zero-order chi connectivity index (χ0) is 39.4. The van der Waals surface area contributed by atoms with Crippen LogP contribution in [0.3, 0.4) is 0 Å². The van der Waals surface area contributed by atoms with Gasteiger partial charge in [0.1, 0.15) is 34.1 Å². The molecule has 0 atom stereocenters. The van der Waals surface area contributed by atoms with Crippen LogP contribution in [0.5, 0.6) is 23.0 Å². The van der Waals surface area contributed by atoms with Crippen molar-refractivity contribution in [1.29, 1.82) is 0 Å². The van der Waals surface area contributed by atoms with Gasteiger partial charge in [-0.15, -0.1) is 0 Å². The van der Waals surface area contributed by atoms with Gasteiger partial charge in [-0.1, -0.05) is 72.8 Å². The van der Waals surface area contributed by atoms with Crippen molar-refractivity contribution < 1.29 is 45.7 Å². The molecule has 0 aliphatic heterocycles. The molecule has 0 fully saturated rings. The number of non-ortho nitro benzene ring substituents is 2. The van der Waals surface area contributed by atoms with Crippen molar-refractivity contribution in [3.05, 3.63) is 186 Å². The Labute approximate surface area is 308 Å². The standard InChI is InChI=1S/C41H26F6N2O6/c1-23-19-25(11-15-35(23)54-37-17-13-27(48(50)51)21-33(37)40(42,43)44)39(31-9-5-3-7-29(31)30-8-4-6-10-32(30)39)26-12-16-36(24(2)20-26)55-38-18-14-28(49(52)53)22-34(38)41(45,46)47/h3-22H,1-2H3. The highest BCUT2D eigenvalue weighted by Gasteiger charge is 2.46. The van der Waals surface area contributed by atoms with Crippen LogP contribution in [0.25, 0.3) is 11.1 Å². The van der Waals surface area contributed by atoms with E-state index in [4.69, 9.17) is 9.47 Å². The van der Waals surface area contributed by atoms with Crippen LogP contribution in [0.4, 0.5) is 37.7 Å². The minimum atomic E-state index is -4.95. The molecule has 6 aromatic carbocycles. The summed E-state index contributed by atoms with van der Waals surface area (Å²) in [4.78, 5) is 20.6. The summed E-state index contributed by atoms with van der Waals surface area (Å²) in [7, 11) is 0.